The first kappa shape index (κ1) is 11.4. The molecule has 0 spiro atoms. The second-order valence-electron chi connectivity index (χ2n) is 3.48. The maximum Gasteiger partial charge on any atom is 0.204 e. The maximum atomic E-state index is 12.1. The first-order valence-corrected chi connectivity index (χ1v) is 5.25. The number of halogens is 1. The van der Waals surface area contributed by atoms with E-state index in [0.29, 0.717) is 15.3 Å². The topological polar surface area (TPSA) is 70.0 Å². The van der Waals surface area contributed by atoms with Gasteiger partial charge in [-0.25, -0.2) is 0 Å². The van der Waals surface area contributed by atoms with E-state index in [0.717, 1.165) is 6.20 Å². The first-order valence-electron chi connectivity index (χ1n) is 4.87. The fraction of sp³-hybridized carbons (Fsp3) is 0. The molecule has 0 aliphatic heterocycles. The van der Waals surface area contributed by atoms with Crippen LogP contribution in [0.5, 0.6) is 0 Å². The van der Waals surface area contributed by atoms with Gasteiger partial charge >= 0.3 is 0 Å². The van der Waals surface area contributed by atoms with Crippen LogP contribution in [0.4, 0.5) is 5.69 Å². The predicted molar refractivity (Wildman–Crippen MR) is 64.7 cm³/mol. The molecular weight excluding hydrogens is 240 g/mol. The average Bonchev–Trinajstić information content (AvgIpc) is 2.29. The van der Waals surface area contributed by atoms with Crippen molar-refractivity contribution in [1.82, 2.24) is 0 Å². The summed E-state index contributed by atoms with van der Waals surface area (Å²) in [5.41, 5.74) is 6.39. The zero-order valence-corrected chi connectivity index (χ0v) is 9.52. The highest BCUT2D eigenvalue weighted by Gasteiger charge is 2.16. The van der Waals surface area contributed by atoms with E-state index in [1.165, 1.54) is 12.3 Å². The molecule has 0 amide bonds. The summed E-state index contributed by atoms with van der Waals surface area (Å²) in [5.74, 6) is -0.297. The van der Waals surface area contributed by atoms with Gasteiger partial charge in [0.15, 0.2) is 12.0 Å². The van der Waals surface area contributed by atoms with Crippen LogP contribution in [0.1, 0.15) is 15.9 Å². The molecule has 5 heteroatoms. The van der Waals surface area contributed by atoms with Gasteiger partial charge in [0.05, 0.1) is 10.6 Å². The monoisotopic (exact) mass is 248 g/mol. The summed E-state index contributed by atoms with van der Waals surface area (Å²) in [6, 6.07) is 8.07. The number of hydrogen-bond donors (Lipinski definition) is 1. The predicted octanol–water partition coefficient (Wildman–Crippen LogP) is 1.79. The van der Waals surface area contributed by atoms with E-state index in [-0.39, 0.29) is 17.0 Å². The van der Waals surface area contributed by atoms with Crippen LogP contribution >= 0.6 is 11.6 Å². The standard InChI is InChI=1S/C12H9ClN2O2/c13-10-4-2-1-3-8(10)12(16)9-5-6-15(17)7-11(9)14/h1-7H,14H2. The number of pyridine rings is 1. The van der Waals surface area contributed by atoms with Crippen molar-refractivity contribution in [3.8, 4) is 0 Å². The molecule has 2 N–H and O–H groups in total. The van der Waals surface area contributed by atoms with Crippen LogP contribution in [0.3, 0.4) is 0 Å². The lowest BCUT2D eigenvalue weighted by atomic mass is 10.0. The van der Waals surface area contributed by atoms with Crippen molar-refractivity contribution in [3.05, 3.63) is 64.1 Å². The number of nitrogens with two attached hydrogens (primary N) is 1. The van der Waals surface area contributed by atoms with Gasteiger partial charge in [-0.05, 0) is 12.1 Å². The number of nitrogen functional groups attached to an aromatic ring is 1. The number of anilines is 1. The van der Waals surface area contributed by atoms with E-state index in [4.69, 9.17) is 17.3 Å². The molecule has 2 aromatic rings. The van der Waals surface area contributed by atoms with E-state index in [9.17, 15) is 10.0 Å². The summed E-state index contributed by atoms with van der Waals surface area (Å²) in [5, 5.41) is 11.3. The Labute approximate surface area is 103 Å². The van der Waals surface area contributed by atoms with Crippen molar-refractivity contribution in [3.63, 3.8) is 0 Å². The van der Waals surface area contributed by atoms with Crippen molar-refractivity contribution in [1.29, 1.82) is 0 Å². The zero-order chi connectivity index (χ0) is 12.4. The number of carbonyl (C=O) groups is 1. The van der Waals surface area contributed by atoms with E-state index in [1.807, 2.05) is 0 Å². The minimum absolute atomic E-state index is 0.132. The molecule has 0 saturated heterocycles. The minimum Gasteiger partial charge on any atom is -0.619 e. The van der Waals surface area contributed by atoms with Gasteiger partial charge in [0.2, 0.25) is 6.20 Å². The first-order chi connectivity index (χ1) is 8.09. The van der Waals surface area contributed by atoms with Crippen molar-refractivity contribution in [2.45, 2.75) is 0 Å². The number of aromatic nitrogens is 1. The lowest BCUT2D eigenvalue weighted by Crippen LogP contribution is -2.26. The Morgan fingerprint density at radius 3 is 2.59 bits per heavy atom. The fourth-order valence-corrected chi connectivity index (χ4v) is 1.71. The highest BCUT2D eigenvalue weighted by molar-refractivity contribution is 6.35. The van der Waals surface area contributed by atoms with Crippen LogP contribution in [-0.4, -0.2) is 5.78 Å². The van der Waals surface area contributed by atoms with Crippen LogP contribution in [0, 0.1) is 5.21 Å². The summed E-state index contributed by atoms with van der Waals surface area (Å²) in [6.07, 6.45) is 2.37. The van der Waals surface area contributed by atoms with Gasteiger partial charge in [-0.3, -0.25) is 4.79 Å². The molecule has 2 rings (SSSR count). The Kier molecular flexibility index (Phi) is 2.97. The van der Waals surface area contributed by atoms with E-state index in [2.05, 4.69) is 0 Å². The number of hydrogen-bond acceptors (Lipinski definition) is 3. The second-order valence-corrected chi connectivity index (χ2v) is 3.89. The smallest absolute Gasteiger partial charge is 0.204 e. The third-order valence-electron chi connectivity index (χ3n) is 2.33. The summed E-state index contributed by atoms with van der Waals surface area (Å²) in [6.45, 7) is 0. The minimum atomic E-state index is -0.297. The van der Waals surface area contributed by atoms with Gasteiger partial charge in [0, 0.05) is 11.6 Å². The van der Waals surface area contributed by atoms with Crippen LogP contribution < -0.4 is 10.5 Å². The lowest BCUT2D eigenvalue weighted by molar-refractivity contribution is -0.604. The van der Waals surface area contributed by atoms with Gasteiger partial charge < -0.3 is 10.9 Å². The Hall–Kier alpha value is -2.07. The summed E-state index contributed by atoms with van der Waals surface area (Å²) in [4.78, 5) is 12.1. The molecule has 0 radical (unpaired) electrons. The molecule has 0 aliphatic rings. The number of rotatable bonds is 2. The molecule has 1 aromatic carbocycles. The van der Waals surface area contributed by atoms with Crippen molar-refractivity contribution in [2.24, 2.45) is 0 Å². The zero-order valence-electron chi connectivity index (χ0n) is 8.76. The molecular formula is C12H9ClN2O2. The Morgan fingerprint density at radius 1 is 1.24 bits per heavy atom. The summed E-state index contributed by atoms with van der Waals surface area (Å²) < 4.78 is 0.540. The Balaban J connectivity index is 2.48. The Bertz CT molecular complexity index is 584. The summed E-state index contributed by atoms with van der Waals surface area (Å²) in [7, 11) is 0. The highest BCUT2D eigenvalue weighted by atomic mass is 35.5. The third kappa shape index (κ3) is 2.21. The molecule has 0 unspecified atom stereocenters. The number of ketones is 1. The van der Waals surface area contributed by atoms with E-state index >= 15 is 0 Å². The van der Waals surface area contributed by atoms with Gasteiger partial charge in [0.25, 0.3) is 0 Å². The average molecular weight is 249 g/mol. The van der Waals surface area contributed by atoms with Crippen LogP contribution in [0.25, 0.3) is 0 Å². The molecule has 86 valence electrons. The number of carbonyl (C=O) groups excluding carboxylic acids is 1. The molecule has 0 bridgehead atoms. The summed E-state index contributed by atoms with van der Waals surface area (Å²) >= 11 is 5.92. The van der Waals surface area contributed by atoms with E-state index in [1.54, 1.807) is 24.3 Å². The van der Waals surface area contributed by atoms with Crippen LogP contribution in [-0.2, 0) is 0 Å². The third-order valence-corrected chi connectivity index (χ3v) is 2.66. The van der Waals surface area contributed by atoms with Crippen molar-refractivity contribution in [2.75, 3.05) is 5.73 Å². The van der Waals surface area contributed by atoms with Crippen LogP contribution in [0.2, 0.25) is 5.02 Å². The molecule has 0 aliphatic carbocycles. The highest BCUT2D eigenvalue weighted by Crippen LogP contribution is 2.21. The SMILES string of the molecule is Nc1c[n+]([O-])ccc1C(=O)c1ccccc1Cl. The largest absolute Gasteiger partial charge is 0.619 e. The van der Waals surface area contributed by atoms with Gasteiger partial charge in [-0.15, -0.1) is 0 Å². The fourth-order valence-electron chi connectivity index (χ4n) is 1.49. The van der Waals surface area contributed by atoms with Gasteiger partial charge in [-0.2, -0.15) is 4.73 Å². The second kappa shape index (κ2) is 4.43. The van der Waals surface area contributed by atoms with Gasteiger partial charge in [0.1, 0.15) is 5.69 Å². The molecule has 0 fully saturated rings. The quantitative estimate of drug-likeness (QED) is 0.500. The van der Waals surface area contributed by atoms with Crippen molar-refractivity contribution >= 4 is 23.1 Å². The molecule has 0 saturated carbocycles. The molecule has 1 heterocycles. The van der Waals surface area contributed by atoms with Gasteiger partial charge in [-0.1, -0.05) is 23.7 Å². The molecule has 1 aromatic heterocycles. The maximum absolute atomic E-state index is 12.1. The normalized spacial score (nSPS) is 10.2. The number of benzene rings is 1. The Morgan fingerprint density at radius 2 is 1.94 bits per heavy atom. The number of nitrogens with zero attached hydrogens (tertiary/aromatic N) is 1. The molecule has 4 nitrogen and oxygen atoms in total. The molecule has 17 heavy (non-hydrogen) atoms. The molecule has 0 atom stereocenters. The lowest BCUT2D eigenvalue weighted by Gasteiger charge is -2.05. The van der Waals surface area contributed by atoms with Crippen molar-refractivity contribution < 1.29 is 9.52 Å². The van der Waals surface area contributed by atoms with E-state index < -0.39 is 0 Å². The van der Waals surface area contributed by atoms with Crippen LogP contribution in [0.15, 0.2) is 42.7 Å².